The number of nitrogens with two attached hydrogens (primary N) is 1. The van der Waals surface area contributed by atoms with Crippen molar-refractivity contribution in [2.24, 2.45) is 5.73 Å². The molecule has 0 bridgehead atoms. The number of para-hydroxylation sites is 1. The van der Waals surface area contributed by atoms with E-state index in [2.05, 4.69) is 16.0 Å². The topological polar surface area (TPSA) is 174 Å². The Hall–Kier alpha value is -5.75. The van der Waals surface area contributed by atoms with Gasteiger partial charge >= 0.3 is 0 Å². The Kier molecular flexibility index (Phi) is 10.0. The average Bonchev–Trinajstić information content (AvgIpc) is 3.00. The first-order valence-electron chi connectivity index (χ1n) is 12.7. The van der Waals surface area contributed by atoms with E-state index in [-0.39, 0.29) is 28.6 Å². The minimum atomic E-state index is -0.707. The van der Waals surface area contributed by atoms with Gasteiger partial charge in [-0.1, -0.05) is 36.4 Å². The van der Waals surface area contributed by atoms with Crippen molar-refractivity contribution >= 4 is 58.5 Å². The maximum atomic E-state index is 13.3. The number of carbonyl (C=O) groups is 4. The van der Waals surface area contributed by atoms with Crippen molar-refractivity contribution in [3.63, 3.8) is 0 Å². The van der Waals surface area contributed by atoms with E-state index in [1.54, 1.807) is 72.8 Å². The molecule has 0 aliphatic rings. The van der Waals surface area contributed by atoms with Gasteiger partial charge in [-0.3, -0.25) is 29.3 Å². The SMILES string of the molecule is NC(=O)c1ccc(NC(=O)CSc2cccc(NC(=O)/C(=C\c3ccccc3[N+](=O)[O-])NC(=O)c3ccccc3)c2)cc1. The van der Waals surface area contributed by atoms with Gasteiger partial charge in [-0.05, 0) is 66.7 Å². The molecule has 216 valence electrons. The van der Waals surface area contributed by atoms with Crippen LogP contribution in [0.4, 0.5) is 17.1 Å². The summed E-state index contributed by atoms with van der Waals surface area (Å²) in [6.07, 6.45) is 1.24. The Morgan fingerprint density at radius 1 is 0.791 bits per heavy atom. The number of primary amides is 1. The highest BCUT2D eigenvalue weighted by Crippen LogP contribution is 2.24. The third kappa shape index (κ3) is 8.62. The summed E-state index contributed by atoms with van der Waals surface area (Å²) in [7, 11) is 0. The van der Waals surface area contributed by atoms with Crippen LogP contribution in [0.3, 0.4) is 0 Å². The van der Waals surface area contributed by atoms with Gasteiger partial charge in [-0.15, -0.1) is 11.8 Å². The number of amides is 4. The van der Waals surface area contributed by atoms with Gasteiger partial charge in [-0.25, -0.2) is 0 Å². The minimum Gasteiger partial charge on any atom is -0.366 e. The Balaban J connectivity index is 1.47. The van der Waals surface area contributed by atoms with Gasteiger partial charge in [0.25, 0.3) is 17.5 Å². The number of benzene rings is 4. The molecule has 0 fully saturated rings. The molecular weight excluding hydrogens is 570 g/mol. The smallest absolute Gasteiger partial charge is 0.276 e. The Labute approximate surface area is 250 Å². The molecule has 4 rings (SSSR count). The predicted octanol–water partition coefficient (Wildman–Crippen LogP) is 4.83. The first kappa shape index (κ1) is 30.2. The summed E-state index contributed by atoms with van der Waals surface area (Å²) in [5.41, 5.74) is 6.42. The number of nitrogens with zero attached hydrogens (tertiary/aromatic N) is 1. The fraction of sp³-hybridized carbons (Fsp3) is 0.0323. The summed E-state index contributed by atoms with van der Waals surface area (Å²) >= 11 is 1.22. The zero-order valence-corrected chi connectivity index (χ0v) is 23.3. The number of nitro benzene ring substituents is 1. The molecule has 0 spiro atoms. The Bertz CT molecular complexity index is 1710. The van der Waals surface area contributed by atoms with Crippen LogP contribution in [0.1, 0.15) is 26.3 Å². The fourth-order valence-corrected chi connectivity index (χ4v) is 4.55. The van der Waals surface area contributed by atoms with E-state index in [9.17, 15) is 29.3 Å². The fourth-order valence-electron chi connectivity index (χ4n) is 3.80. The lowest BCUT2D eigenvalue weighted by molar-refractivity contribution is -0.385. The molecule has 5 N–H and O–H groups in total. The molecule has 0 unspecified atom stereocenters. The van der Waals surface area contributed by atoms with Gasteiger partial charge in [0.2, 0.25) is 11.8 Å². The second-order valence-corrected chi connectivity index (χ2v) is 10.0. The summed E-state index contributed by atoms with van der Waals surface area (Å²) in [6, 6.07) is 27.0. The number of nitro groups is 1. The molecule has 11 nitrogen and oxygen atoms in total. The van der Waals surface area contributed by atoms with Crippen LogP contribution in [0.2, 0.25) is 0 Å². The maximum Gasteiger partial charge on any atom is 0.276 e. The first-order chi connectivity index (χ1) is 20.7. The molecule has 4 aromatic carbocycles. The van der Waals surface area contributed by atoms with Crippen molar-refractivity contribution in [2.75, 3.05) is 16.4 Å². The van der Waals surface area contributed by atoms with Crippen molar-refractivity contribution in [3.05, 3.63) is 136 Å². The van der Waals surface area contributed by atoms with Crippen molar-refractivity contribution in [2.45, 2.75) is 4.90 Å². The van der Waals surface area contributed by atoms with Gasteiger partial charge < -0.3 is 21.7 Å². The summed E-state index contributed by atoms with van der Waals surface area (Å²) in [5.74, 6) is -2.07. The second kappa shape index (κ2) is 14.2. The molecular formula is C31H25N5O6S. The number of thioether (sulfide) groups is 1. The van der Waals surface area contributed by atoms with E-state index >= 15 is 0 Å². The van der Waals surface area contributed by atoms with Crippen LogP contribution in [-0.4, -0.2) is 34.3 Å². The van der Waals surface area contributed by atoms with Crippen molar-refractivity contribution in [1.82, 2.24) is 5.32 Å². The normalized spacial score (nSPS) is 10.8. The molecule has 12 heteroatoms. The largest absolute Gasteiger partial charge is 0.366 e. The molecule has 0 aliphatic heterocycles. The van der Waals surface area contributed by atoms with E-state index in [0.717, 1.165) is 0 Å². The third-order valence-corrected chi connectivity index (χ3v) is 6.87. The lowest BCUT2D eigenvalue weighted by Crippen LogP contribution is -2.30. The van der Waals surface area contributed by atoms with Gasteiger partial charge in [-0.2, -0.15) is 0 Å². The third-order valence-electron chi connectivity index (χ3n) is 5.88. The van der Waals surface area contributed by atoms with Crippen LogP contribution in [-0.2, 0) is 9.59 Å². The van der Waals surface area contributed by atoms with E-state index in [1.165, 1.54) is 48.2 Å². The minimum absolute atomic E-state index is 0.0604. The molecule has 0 saturated carbocycles. The Morgan fingerprint density at radius 2 is 1.49 bits per heavy atom. The van der Waals surface area contributed by atoms with Gasteiger partial charge in [0, 0.05) is 33.5 Å². The van der Waals surface area contributed by atoms with Gasteiger partial charge in [0.05, 0.1) is 16.2 Å². The molecule has 0 aliphatic carbocycles. The zero-order valence-electron chi connectivity index (χ0n) is 22.5. The molecule has 0 heterocycles. The summed E-state index contributed by atoms with van der Waals surface area (Å²) < 4.78 is 0. The highest BCUT2D eigenvalue weighted by molar-refractivity contribution is 8.00. The van der Waals surface area contributed by atoms with E-state index < -0.39 is 22.6 Å². The van der Waals surface area contributed by atoms with Crippen molar-refractivity contribution < 1.29 is 24.1 Å². The molecule has 0 radical (unpaired) electrons. The monoisotopic (exact) mass is 595 g/mol. The second-order valence-electron chi connectivity index (χ2n) is 8.95. The van der Waals surface area contributed by atoms with E-state index in [1.807, 2.05) is 0 Å². The maximum absolute atomic E-state index is 13.3. The molecule has 43 heavy (non-hydrogen) atoms. The number of carbonyl (C=O) groups excluding carboxylic acids is 4. The zero-order chi connectivity index (χ0) is 30.8. The van der Waals surface area contributed by atoms with Crippen LogP contribution in [0.5, 0.6) is 0 Å². The van der Waals surface area contributed by atoms with Crippen LogP contribution < -0.4 is 21.7 Å². The molecule has 4 aromatic rings. The number of nitrogens with one attached hydrogen (secondary N) is 3. The van der Waals surface area contributed by atoms with Crippen molar-refractivity contribution in [1.29, 1.82) is 0 Å². The van der Waals surface area contributed by atoms with Crippen LogP contribution in [0.15, 0.2) is 114 Å². The van der Waals surface area contributed by atoms with Gasteiger partial charge in [0.15, 0.2) is 0 Å². The molecule has 0 saturated heterocycles. The summed E-state index contributed by atoms with van der Waals surface area (Å²) in [4.78, 5) is 61.5. The first-order valence-corrected chi connectivity index (χ1v) is 13.7. The highest BCUT2D eigenvalue weighted by atomic mass is 32.2. The van der Waals surface area contributed by atoms with Crippen molar-refractivity contribution in [3.8, 4) is 0 Å². The summed E-state index contributed by atoms with van der Waals surface area (Å²) in [5, 5.41) is 19.5. The standard InChI is InChI=1S/C31H25N5O6S/c32-29(38)20-13-15-23(16-14-20)33-28(37)19-43-25-11-6-10-24(18-25)34-31(40)26(35-30(39)21-7-2-1-3-8-21)17-22-9-4-5-12-27(22)36(41)42/h1-18H,19H2,(H2,32,38)(H,33,37)(H,34,40)(H,35,39)/b26-17+. The number of rotatable bonds is 11. The average molecular weight is 596 g/mol. The lowest BCUT2D eigenvalue weighted by atomic mass is 10.1. The number of hydrogen-bond donors (Lipinski definition) is 4. The quantitative estimate of drug-likeness (QED) is 0.0831. The van der Waals surface area contributed by atoms with Crippen LogP contribution in [0.25, 0.3) is 6.08 Å². The Morgan fingerprint density at radius 3 is 2.19 bits per heavy atom. The molecule has 4 amide bonds. The molecule has 0 aromatic heterocycles. The summed E-state index contributed by atoms with van der Waals surface area (Å²) in [6.45, 7) is 0. The number of hydrogen-bond acceptors (Lipinski definition) is 7. The lowest BCUT2D eigenvalue weighted by Gasteiger charge is -2.12. The van der Waals surface area contributed by atoms with Crippen LogP contribution >= 0.6 is 11.8 Å². The van der Waals surface area contributed by atoms with E-state index in [0.29, 0.717) is 27.4 Å². The number of anilines is 2. The molecule has 0 atom stereocenters. The van der Waals surface area contributed by atoms with E-state index in [4.69, 9.17) is 5.73 Å². The highest BCUT2D eigenvalue weighted by Gasteiger charge is 2.18. The van der Waals surface area contributed by atoms with Gasteiger partial charge in [0.1, 0.15) is 5.70 Å². The van der Waals surface area contributed by atoms with Crippen LogP contribution in [0, 0.1) is 10.1 Å². The predicted molar refractivity (Wildman–Crippen MR) is 164 cm³/mol.